The molecule has 1 amide bonds. The van der Waals surface area contributed by atoms with Crippen LogP contribution in [0.15, 0.2) is 35.5 Å². The highest BCUT2D eigenvalue weighted by molar-refractivity contribution is 5.76. The zero-order valence-electron chi connectivity index (χ0n) is 22.3. The van der Waals surface area contributed by atoms with Crippen LogP contribution in [0.25, 0.3) is 0 Å². The number of hydrogen-bond acceptors (Lipinski definition) is 3. The molecule has 4 heteroatoms. The second-order valence-electron chi connectivity index (χ2n) is 12.3. The molecule has 4 nitrogen and oxygen atoms in total. The predicted octanol–water partition coefficient (Wildman–Crippen LogP) is 6.24. The van der Waals surface area contributed by atoms with Gasteiger partial charge in [0.1, 0.15) is 0 Å². The minimum Gasteiger partial charge on any atom is -0.393 e. The maximum absolute atomic E-state index is 11.9. The molecule has 0 aliphatic heterocycles. The molecule has 0 aromatic rings. The number of rotatable bonds is 8. The molecule has 6 atom stereocenters. The molecular formula is C30H49NO3. The molecule has 34 heavy (non-hydrogen) atoms. The van der Waals surface area contributed by atoms with Crippen molar-refractivity contribution in [1.29, 1.82) is 0 Å². The third kappa shape index (κ3) is 6.43. The van der Waals surface area contributed by atoms with Crippen molar-refractivity contribution >= 4 is 5.91 Å². The average molecular weight is 472 g/mol. The van der Waals surface area contributed by atoms with Gasteiger partial charge in [-0.25, -0.2) is 0 Å². The third-order valence-corrected chi connectivity index (χ3v) is 9.12. The molecule has 0 aromatic carbocycles. The van der Waals surface area contributed by atoms with Gasteiger partial charge in [-0.15, -0.1) is 0 Å². The van der Waals surface area contributed by atoms with E-state index in [1.165, 1.54) is 32.1 Å². The van der Waals surface area contributed by atoms with E-state index in [1.807, 2.05) is 20.8 Å². The van der Waals surface area contributed by atoms with Crippen molar-refractivity contribution in [2.45, 2.75) is 123 Å². The molecule has 0 aromatic heterocycles. The van der Waals surface area contributed by atoms with Gasteiger partial charge in [0, 0.05) is 6.42 Å². The van der Waals surface area contributed by atoms with Crippen molar-refractivity contribution in [1.82, 2.24) is 5.32 Å². The van der Waals surface area contributed by atoms with Gasteiger partial charge in [0.15, 0.2) is 0 Å². The van der Waals surface area contributed by atoms with Crippen LogP contribution in [-0.4, -0.2) is 33.9 Å². The molecule has 3 saturated carbocycles. The Kier molecular flexibility index (Phi) is 8.90. The molecule has 0 heterocycles. The van der Waals surface area contributed by atoms with Gasteiger partial charge in [-0.3, -0.25) is 4.79 Å². The maximum Gasteiger partial charge on any atom is 0.220 e. The summed E-state index contributed by atoms with van der Waals surface area (Å²) in [5.74, 6) is 2.08. The number of nitrogens with one attached hydrogen (secondary N) is 1. The van der Waals surface area contributed by atoms with E-state index in [9.17, 15) is 15.0 Å². The monoisotopic (exact) mass is 471 g/mol. The molecular weight excluding hydrogens is 422 g/mol. The van der Waals surface area contributed by atoms with Crippen molar-refractivity contribution in [2.24, 2.45) is 23.2 Å². The lowest BCUT2D eigenvalue weighted by molar-refractivity contribution is -0.121. The number of aliphatic hydroxyl groups is 2. The third-order valence-electron chi connectivity index (χ3n) is 9.12. The van der Waals surface area contributed by atoms with Crippen molar-refractivity contribution in [2.75, 3.05) is 0 Å². The highest BCUT2D eigenvalue weighted by Crippen LogP contribution is 2.60. The van der Waals surface area contributed by atoms with E-state index in [4.69, 9.17) is 0 Å². The van der Waals surface area contributed by atoms with Crippen LogP contribution in [-0.2, 0) is 4.79 Å². The summed E-state index contributed by atoms with van der Waals surface area (Å²) in [6.07, 6.45) is 15.1. The molecule has 3 aliphatic rings. The topological polar surface area (TPSA) is 69.6 Å². The average Bonchev–Trinajstić information content (AvgIpc) is 3.11. The van der Waals surface area contributed by atoms with Gasteiger partial charge in [-0.1, -0.05) is 57.9 Å². The normalized spacial score (nSPS) is 35.4. The van der Waals surface area contributed by atoms with Crippen LogP contribution in [0.3, 0.4) is 0 Å². The Hall–Kier alpha value is -1.39. The molecule has 0 bridgehead atoms. The number of aliphatic hydroxyl groups excluding tert-OH is 1. The molecule has 3 rings (SSSR count). The van der Waals surface area contributed by atoms with Gasteiger partial charge in [0.05, 0.1) is 17.7 Å². The largest absolute Gasteiger partial charge is 0.393 e. The van der Waals surface area contributed by atoms with Gasteiger partial charge < -0.3 is 15.5 Å². The molecule has 0 radical (unpaired) electrons. The molecule has 3 N–H and O–H groups in total. The number of fused-ring (bicyclic) bond motifs is 1. The van der Waals surface area contributed by atoms with Crippen LogP contribution in [0.5, 0.6) is 0 Å². The second-order valence-corrected chi connectivity index (χ2v) is 12.3. The molecule has 0 saturated heterocycles. The Balaban J connectivity index is 1.71. The highest BCUT2D eigenvalue weighted by Gasteiger charge is 2.50. The van der Waals surface area contributed by atoms with Gasteiger partial charge >= 0.3 is 0 Å². The number of amides is 1. The van der Waals surface area contributed by atoms with E-state index in [-0.39, 0.29) is 11.9 Å². The molecule has 3 aliphatic carbocycles. The van der Waals surface area contributed by atoms with Crippen molar-refractivity contribution in [3.8, 4) is 0 Å². The Morgan fingerprint density at radius 1 is 1.32 bits per heavy atom. The van der Waals surface area contributed by atoms with Crippen LogP contribution >= 0.6 is 0 Å². The Morgan fingerprint density at radius 2 is 2.06 bits per heavy atom. The second kappa shape index (κ2) is 11.1. The first-order valence-electron chi connectivity index (χ1n) is 13.7. The quantitative estimate of drug-likeness (QED) is 0.392. The fraction of sp³-hybridized carbons (Fsp3) is 0.767. The van der Waals surface area contributed by atoms with Gasteiger partial charge in [-0.2, -0.15) is 0 Å². The lowest BCUT2D eigenvalue weighted by Gasteiger charge is -2.44. The summed E-state index contributed by atoms with van der Waals surface area (Å²) < 4.78 is 0. The van der Waals surface area contributed by atoms with Crippen molar-refractivity contribution < 1.29 is 15.0 Å². The molecule has 192 valence electrons. The standard InChI is InChI=1S/C30H49NO3/c1-7-28(33)31-27-19-24(32)18-23(21(27)3)13-12-22-11-9-17-30(6)25(14-15-26(22)30)20(2)10-8-16-29(4,5)34/h12-13,20,24-27,32,34H,3,7-11,14-19H2,1-2,4-6H3,(H,31,33)/b22-12+,23-13-/t20-,24-,25-,26+,27+,30-/m1/s1. The van der Waals surface area contributed by atoms with E-state index in [1.54, 1.807) is 5.57 Å². The van der Waals surface area contributed by atoms with Crippen LogP contribution in [0, 0.1) is 23.2 Å². The molecule has 0 unspecified atom stereocenters. The fourth-order valence-electron chi connectivity index (χ4n) is 7.20. The van der Waals surface area contributed by atoms with E-state index in [2.05, 4.69) is 37.9 Å². The minimum atomic E-state index is -0.564. The highest BCUT2D eigenvalue weighted by atomic mass is 16.3. The van der Waals surface area contributed by atoms with Crippen molar-refractivity contribution in [3.05, 3.63) is 35.5 Å². The number of hydrogen-bond donors (Lipinski definition) is 3. The zero-order chi connectivity index (χ0) is 25.1. The van der Waals surface area contributed by atoms with Crippen LogP contribution in [0.2, 0.25) is 0 Å². The first-order chi connectivity index (χ1) is 15.9. The Labute approximate surface area is 208 Å². The number of allylic oxidation sites excluding steroid dienone is 3. The summed E-state index contributed by atoms with van der Waals surface area (Å²) in [7, 11) is 0. The van der Waals surface area contributed by atoms with Crippen LogP contribution in [0.4, 0.5) is 0 Å². The smallest absolute Gasteiger partial charge is 0.220 e. The Bertz CT molecular complexity index is 804. The van der Waals surface area contributed by atoms with E-state index in [0.29, 0.717) is 36.5 Å². The van der Waals surface area contributed by atoms with Crippen molar-refractivity contribution in [3.63, 3.8) is 0 Å². The Morgan fingerprint density at radius 3 is 2.74 bits per heavy atom. The lowest BCUT2D eigenvalue weighted by atomic mass is 9.60. The van der Waals surface area contributed by atoms with E-state index >= 15 is 0 Å². The summed E-state index contributed by atoms with van der Waals surface area (Å²) in [5, 5.41) is 23.5. The summed E-state index contributed by atoms with van der Waals surface area (Å²) in [5.41, 5.74) is 3.39. The first kappa shape index (κ1) is 27.2. The molecule has 0 spiro atoms. The summed E-state index contributed by atoms with van der Waals surface area (Å²) in [4.78, 5) is 11.9. The summed E-state index contributed by atoms with van der Waals surface area (Å²) >= 11 is 0. The minimum absolute atomic E-state index is 0.00895. The predicted molar refractivity (Wildman–Crippen MR) is 140 cm³/mol. The first-order valence-corrected chi connectivity index (χ1v) is 13.7. The molecule has 3 fully saturated rings. The SMILES string of the molecule is C=C1/C(=C\C=C2/CCC[C@]3(C)[C@@H]([C@H](C)CCCC(C)(C)O)CC[C@@H]23)C[C@@H](O)C[C@@H]1NC(=O)CC. The van der Waals surface area contributed by atoms with Crippen LogP contribution < -0.4 is 5.32 Å². The maximum atomic E-state index is 11.9. The van der Waals surface area contributed by atoms with Gasteiger partial charge in [0.25, 0.3) is 0 Å². The van der Waals surface area contributed by atoms with E-state index in [0.717, 1.165) is 36.3 Å². The summed E-state index contributed by atoms with van der Waals surface area (Å²) in [6, 6.07) is -0.168. The fourth-order valence-corrected chi connectivity index (χ4v) is 7.20. The van der Waals surface area contributed by atoms with Crippen LogP contribution in [0.1, 0.15) is 105 Å². The lowest BCUT2D eigenvalue weighted by Crippen LogP contribution is -2.41. The number of carbonyl (C=O) groups excluding carboxylic acids is 1. The van der Waals surface area contributed by atoms with Gasteiger partial charge in [-0.05, 0) is 99.5 Å². The number of carbonyl (C=O) groups is 1. The zero-order valence-corrected chi connectivity index (χ0v) is 22.3. The van der Waals surface area contributed by atoms with Gasteiger partial charge in [0.2, 0.25) is 5.91 Å². The van der Waals surface area contributed by atoms with E-state index < -0.39 is 11.7 Å². The summed E-state index contributed by atoms with van der Waals surface area (Å²) in [6.45, 7) is 14.9.